The highest BCUT2D eigenvalue weighted by Crippen LogP contribution is 2.62. The lowest BCUT2D eigenvalue weighted by molar-refractivity contribution is -0.0743. The molecule has 3 unspecified atom stereocenters. The molecule has 16 heavy (non-hydrogen) atoms. The molecule has 0 amide bonds. The summed E-state index contributed by atoms with van der Waals surface area (Å²) in [6, 6.07) is 0. The number of ether oxygens (including phenoxy) is 1. The first kappa shape index (κ1) is 9.99. The molecule has 5 heteroatoms. The Labute approximate surface area is 92.7 Å². The van der Waals surface area contributed by atoms with Crippen LogP contribution >= 0.6 is 0 Å². The molecule has 1 saturated heterocycles. The van der Waals surface area contributed by atoms with Gasteiger partial charge in [-0.1, -0.05) is 6.92 Å². The number of aromatic hydroxyl groups is 2. The van der Waals surface area contributed by atoms with Crippen LogP contribution in [0.4, 0.5) is 0 Å². The van der Waals surface area contributed by atoms with Gasteiger partial charge < -0.3 is 20.1 Å². The van der Waals surface area contributed by atoms with Crippen LogP contribution in [0.2, 0.25) is 0 Å². The molecule has 5 nitrogen and oxygen atoms in total. The molecule has 0 radical (unpaired) electrons. The molecule has 2 aliphatic rings. The highest BCUT2D eigenvalue weighted by molar-refractivity contribution is 5.53. The predicted octanol–water partition coefficient (Wildman–Crippen LogP) is 1.11. The number of fused-ring (bicyclic) bond motifs is 5. The van der Waals surface area contributed by atoms with Crippen LogP contribution in [0.25, 0.3) is 0 Å². The summed E-state index contributed by atoms with van der Waals surface area (Å²) in [4.78, 5) is 2.53. The molecule has 3 rings (SSSR count). The highest BCUT2D eigenvalue weighted by atomic mass is 16.5. The number of hydrogen-bond donors (Lipinski definition) is 4. The molecule has 1 fully saturated rings. The Bertz CT molecular complexity index is 441. The van der Waals surface area contributed by atoms with E-state index in [9.17, 15) is 15.3 Å². The second kappa shape index (κ2) is 2.93. The van der Waals surface area contributed by atoms with E-state index in [4.69, 9.17) is 4.74 Å². The van der Waals surface area contributed by atoms with E-state index in [1.54, 1.807) is 0 Å². The van der Waals surface area contributed by atoms with Gasteiger partial charge in [0.15, 0.2) is 11.8 Å². The fourth-order valence-electron chi connectivity index (χ4n) is 3.09. The molecular weight excluding hydrogens is 210 g/mol. The van der Waals surface area contributed by atoms with Gasteiger partial charge in [-0.2, -0.15) is 0 Å². The van der Waals surface area contributed by atoms with Crippen LogP contribution in [0.1, 0.15) is 37.0 Å². The molecule has 4 N–H and O–H groups in total. The number of aliphatic hydroxyl groups is 1. The minimum absolute atomic E-state index is 0.00244. The number of aliphatic hydroxyl groups excluding tert-OH is 1. The van der Waals surface area contributed by atoms with Crippen molar-refractivity contribution in [2.75, 3.05) is 6.61 Å². The van der Waals surface area contributed by atoms with Crippen molar-refractivity contribution in [3.63, 3.8) is 0 Å². The molecule has 0 saturated carbocycles. The molecule has 0 spiro atoms. The second-order valence-corrected chi connectivity index (χ2v) is 4.73. The lowest BCUT2D eigenvalue weighted by atomic mass is 9.77. The normalized spacial score (nSPS) is 33.0. The molecule has 88 valence electrons. The molecule has 3 atom stereocenters. The largest absolute Gasteiger partial charge is 0.494 e. The average molecular weight is 225 g/mol. The Morgan fingerprint density at radius 2 is 2.25 bits per heavy atom. The van der Waals surface area contributed by atoms with E-state index in [-0.39, 0.29) is 30.4 Å². The topological polar surface area (TPSA) is 85.7 Å². The first-order valence-corrected chi connectivity index (χ1v) is 5.53. The van der Waals surface area contributed by atoms with Crippen LogP contribution in [-0.2, 0) is 10.3 Å². The Hall–Kier alpha value is -1.20. The summed E-state index contributed by atoms with van der Waals surface area (Å²) in [6.07, 6.45) is 1.44. The predicted molar refractivity (Wildman–Crippen MR) is 55.1 cm³/mol. The van der Waals surface area contributed by atoms with Crippen LogP contribution in [0.15, 0.2) is 0 Å². The van der Waals surface area contributed by atoms with Gasteiger partial charge in [0.1, 0.15) is 5.60 Å². The van der Waals surface area contributed by atoms with Gasteiger partial charge in [0.2, 0.25) is 0 Å². The fraction of sp³-hybridized carbons (Fsp3) is 0.636. The van der Waals surface area contributed by atoms with Crippen LogP contribution in [-0.4, -0.2) is 26.9 Å². The van der Waals surface area contributed by atoms with Crippen molar-refractivity contribution >= 4 is 0 Å². The number of hydrogen-bond acceptors (Lipinski definition) is 4. The van der Waals surface area contributed by atoms with Gasteiger partial charge in [0, 0.05) is 12.5 Å². The SMILES string of the molecule is CC(CO)C12CCC(O1)c1c(O)[nH]c(O)c12. The number of nitrogens with one attached hydrogen (secondary N) is 1. The molecule has 1 aromatic heterocycles. The maximum Gasteiger partial charge on any atom is 0.197 e. The number of aromatic amines is 1. The molecule has 3 heterocycles. The van der Waals surface area contributed by atoms with Crippen LogP contribution < -0.4 is 0 Å². The van der Waals surface area contributed by atoms with Crippen molar-refractivity contribution in [3.05, 3.63) is 11.1 Å². The third kappa shape index (κ3) is 0.929. The molecule has 2 aliphatic heterocycles. The highest BCUT2D eigenvalue weighted by Gasteiger charge is 2.57. The minimum atomic E-state index is -0.629. The zero-order valence-electron chi connectivity index (χ0n) is 9.03. The van der Waals surface area contributed by atoms with Crippen LogP contribution in [0.5, 0.6) is 11.8 Å². The Balaban J connectivity index is 2.19. The molecule has 0 aromatic carbocycles. The third-order valence-electron chi connectivity index (χ3n) is 3.94. The van der Waals surface area contributed by atoms with Gasteiger partial charge in [0.25, 0.3) is 0 Å². The van der Waals surface area contributed by atoms with Gasteiger partial charge in [-0.25, -0.2) is 0 Å². The molecule has 2 bridgehead atoms. The van der Waals surface area contributed by atoms with E-state index < -0.39 is 5.60 Å². The maximum absolute atomic E-state index is 9.81. The Kier molecular flexibility index (Phi) is 1.83. The van der Waals surface area contributed by atoms with Gasteiger partial charge >= 0.3 is 0 Å². The quantitative estimate of drug-likeness (QED) is 0.607. The lowest BCUT2D eigenvalue weighted by Crippen LogP contribution is -2.33. The van der Waals surface area contributed by atoms with Crippen molar-refractivity contribution in [2.24, 2.45) is 5.92 Å². The monoisotopic (exact) mass is 225 g/mol. The fourth-order valence-corrected chi connectivity index (χ4v) is 3.09. The number of rotatable bonds is 2. The number of aromatic nitrogens is 1. The van der Waals surface area contributed by atoms with Gasteiger partial charge in [-0.3, -0.25) is 4.98 Å². The summed E-state index contributed by atoms with van der Waals surface area (Å²) >= 11 is 0. The zero-order valence-corrected chi connectivity index (χ0v) is 9.03. The van der Waals surface area contributed by atoms with Crippen molar-refractivity contribution in [1.29, 1.82) is 0 Å². The van der Waals surface area contributed by atoms with E-state index in [1.165, 1.54) is 0 Å². The van der Waals surface area contributed by atoms with E-state index in [0.717, 1.165) is 12.8 Å². The third-order valence-corrected chi connectivity index (χ3v) is 3.94. The van der Waals surface area contributed by atoms with Crippen molar-refractivity contribution in [1.82, 2.24) is 4.98 Å². The van der Waals surface area contributed by atoms with E-state index in [1.807, 2.05) is 6.92 Å². The standard InChI is InChI=1S/C11H15NO4/c1-5(4-13)11-3-2-6(16-11)7-8(11)10(15)12-9(7)14/h5-6,12-15H,2-4H2,1H3. The summed E-state index contributed by atoms with van der Waals surface area (Å²) in [5.74, 6) is -0.140. The number of H-pyrrole nitrogens is 1. The summed E-state index contributed by atoms with van der Waals surface area (Å²) < 4.78 is 5.88. The van der Waals surface area contributed by atoms with Crippen molar-refractivity contribution in [2.45, 2.75) is 31.5 Å². The Morgan fingerprint density at radius 1 is 1.50 bits per heavy atom. The van der Waals surface area contributed by atoms with E-state index >= 15 is 0 Å². The first-order valence-electron chi connectivity index (χ1n) is 5.53. The van der Waals surface area contributed by atoms with E-state index in [0.29, 0.717) is 11.1 Å². The summed E-state index contributed by atoms with van der Waals surface area (Å²) in [5, 5.41) is 28.8. The lowest BCUT2D eigenvalue weighted by Gasteiger charge is -2.31. The smallest absolute Gasteiger partial charge is 0.197 e. The minimum Gasteiger partial charge on any atom is -0.494 e. The second-order valence-electron chi connectivity index (χ2n) is 4.73. The van der Waals surface area contributed by atoms with Gasteiger partial charge in [-0.15, -0.1) is 0 Å². The molecule has 1 aromatic rings. The van der Waals surface area contributed by atoms with Gasteiger partial charge in [-0.05, 0) is 12.8 Å². The van der Waals surface area contributed by atoms with Gasteiger partial charge in [0.05, 0.1) is 17.2 Å². The zero-order chi connectivity index (χ0) is 11.5. The van der Waals surface area contributed by atoms with E-state index in [2.05, 4.69) is 4.98 Å². The van der Waals surface area contributed by atoms with Crippen molar-refractivity contribution < 1.29 is 20.1 Å². The van der Waals surface area contributed by atoms with Crippen molar-refractivity contribution in [3.8, 4) is 11.8 Å². The summed E-state index contributed by atoms with van der Waals surface area (Å²) in [7, 11) is 0. The van der Waals surface area contributed by atoms with Crippen LogP contribution in [0.3, 0.4) is 0 Å². The first-order chi connectivity index (χ1) is 7.60. The molecule has 0 aliphatic carbocycles. The average Bonchev–Trinajstić information content (AvgIpc) is 2.90. The Morgan fingerprint density at radius 3 is 2.94 bits per heavy atom. The maximum atomic E-state index is 9.81. The molecular formula is C11H15NO4. The summed E-state index contributed by atoms with van der Waals surface area (Å²) in [5.41, 5.74) is 0.683. The summed E-state index contributed by atoms with van der Waals surface area (Å²) in [6.45, 7) is 1.89. The van der Waals surface area contributed by atoms with Crippen LogP contribution in [0, 0.1) is 5.92 Å².